The summed E-state index contributed by atoms with van der Waals surface area (Å²) in [5.74, 6) is 0.468. The van der Waals surface area contributed by atoms with Crippen LogP contribution in [0.15, 0.2) is 24.5 Å². The highest BCUT2D eigenvalue weighted by atomic mass is 32.2. The molecule has 0 aromatic carbocycles. The van der Waals surface area contributed by atoms with E-state index in [9.17, 15) is 9.59 Å². The van der Waals surface area contributed by atoms with E-state index in [0.29, 0.717) is 17.2 Å². The maximum atomic E-state index is 11.7. The maximum Gasteiger partial charge on any atom is 0.262 e. The van der Waals surface area contributed by atoms with Gasteiger partial charge in [0.25, 0.3) is 5.91 Å². The molecular formula is C9H8N2O2S. The van der Waals surface area contributed by atoms with E-state index < -0.39 is 0 Å². The minimum absolute atomic E-state index is 0.121. The molecular weight excluding hydrogens is 200 g/mol. The molecule has 0 aliphatic carbocycles. The Morgan fingerprint density at radius 3 is 3.00 bits per heavy atom. The van der Waals surface area contributed by atoms with Crippen LogP contribution in [0, 0.1) is 0 Å². The number of amides is 2. The largest absolute Gasteiger partial charge is 0.273 e. The minimum atomic E-state index is -0.256. The lowest BCUT2D eigenvalue weighted by atomic mass is 10.2. The van der Waals surface area contributed by atoms with Gasteiger partial charge in [0.1, 0.15) is 0 Å². The standard InChI is InChI=1S/C9H8N2O2S/c12-8-5-14-6-11(8)9(13)7-2-1-3-10-4-7/h1-4H,5-6H2. The van der Waals surface area contributed by atoms with Crippen molar-refractivity contribution < 1.29 is 9.59 Å². The summed E-state index contributed by atoms with van der Waals surface area (Å²) >= 11 is 1.45. The van der Waals surface area contributed by atoms with E-state index in [0.717, 1.165) is 0 Å². The number of nitrogens with zero attached hydrogens (tertiary/aromatic N) is 2. The predicted molar refractivity (Wildman–Crippen MR) is 52.7 cm³/mol. The molecule has 2 amide bonds. The molecule has 0 atom stereocenters. The Hall–Kier alpha value is -1.36. The van der Waals surface area contributed by atoms with E-state index in [2.05, 4.69) is 4.98 Å². The Morgan fingerprint density at radius 1 is 1.57 bits per heavy atom. The van der Waals surface area contributed by atoms with E-state index in [4.69, 9.17) is 0 Å². The van der Waals surface area contributed by atoms with Gasteiger partial charge in [0.05, 0.1) is 17.2 Å². The molecule has 1 aromatic heterocycles. The molecule has 0 bridgehead atoms. The average Bonchev–Trinajstić information content (AvgIpc) is 2.65. The molecule has 72 valence electrons. The van der Waals surface area contributed by atoms with E-state index in [1.165, 1.54) is 22.9 Å². The number of aromatic nitrogens is 1. The summed E-state index contributed by atoms with van der Waals surface area (Å²) in [4.78, 5) is 28.1. The summed E-state index contributed by atoms with van der Waals surface area (Å²) < 4.78 is 0. The molecule has 0 saturated carbocycles. The van der Waals surface area contributed by atoms with Crippen LogP contribution >= 0.6 is 11.8 Å². The van der Waals surface area contributed by atoms with Crippen LogP contribution in [0.4, 0.5) is 0 Å². The van der Waals surface area contributed by atoms with Crippen LogP contribution < -0.4 is 0 Å². The Bertz CT molecular complexity index is 366. The SMILES string of the molecule is O=C1CSCN1C(=O)c1cccnc1. The number of rotatable bonds is 1. The second-order valence-electron chi connectivity index (χ2n) is 2.85. The molecule has 1 aromatic rings. The van der Waals surface area contributed by atoms with Crippen molar-refractivity contribution in [3.8, 4) is 0 Å². The van der Waals surface area contributed by atoms with Crippen LogP contribution in [0.5, 0.6) is 0 Å². The number of pyridine rings is 1. The molecule has 4 nitrogen and oxygen atoms in total. The maximum absolute atomic E-state index is 11.7. The van der Waals surface area contributed by atoms with E-state index in [-0.39, 0.29) is 11.8 Å². The smallest absolute Gasteiger partial charge is 0.262 e. The number of carbonyl (C=O) groups excluding carboxylic acids is 2. The molecule has 2 rings (SSSR count). The first kappa shape index (κ1) is 9.21. The van der Waals surface area contributed by atoms with Gasteiger partial charge in [-0.1, -0.05) is 0 Å². The third-order valence-electron chi connectivity index (χ3n) is 1.90. The van der Waals surface area contributed by atoms with Gasteiger partial charge in [-0.3, -0.25) is 19.5 Å². The fourth-order valence-corrected chi connectivity index (χ4v) is 2.06. The number of thioether (sulfide) groups is 1. The van der Waals surface area contributed by atoms with E-state index >= 15 is 0 Å². The van der Waals surface area contributed by atoms with Gasteiger partial charge < -0.3 is 0 Å². The topological polar surface area (TPSA) is 50.3 Å². The van der Waals surface area contributed by atoms with Crippen molar-refractivity contribution in [2.24, 2.45) is 0 Å². The third kappa shape index (κ3) is 1.63. The number of carbonyl (C=O) groups is 2. The van der Waals surface area contributed by atoms with Gasteiger partial charge in [-0.15, -0.1) is 11.8 Å². The number of hydrogen-bond acceptors (Lipinski definition) is 4. The van der Waals surface area contributed by atoms with Crippen molar-refractivity contribution in [3.63, 3.8) is 0 Å². The van der Waals surface area contributed by atoms with Crippen molar-refractivity contribution in [2.75, 3.05) is 11.6 Å². The third-order valence-corrected chi connectivity index (χ3v) is 2.79. The van der Waals surface area contributed by atoms with Gasteiger partial charge in [0, 0.05) is 12.4 Å². The van der Waals surface area contributed by atoms with Crippen LogP contribution in [0.2, 0.25) is 0 Å². The number of hydrogen-bond donors (Lipinski definition) is 0. The first-order valence-electron chi connectivity index (χ1n) is 4.11. The van der Waals surface area contributed by atoms with Gasteiger partial charge in [-0.25, -0.2) is 0 Å². The minimum Gasteiger partial charge on any atom is -0.273 e. The number of imide groups is 1. The first-order valence-corrected chi connectivity index (χ1v) is 5.27. The lowest BCUT2D eigenvalue weighted by molar-refractivity contribution is -0.124. The Labute approximate surface area is 85.3 Å². The van der Waals surface area contributed by atoms with Crippen molar-refractivity contribution in [2.45, 2.75) is 0 Å². The molecule has 2 heterocycles. The fraction of sp³-hybridized carbons (Fsp3) is 0.222. The van der Waals surface area contributed by atoms with E-state index in [1.807, 2.05) is 0 Å². The highest BCUT2D eigenvalue weighted by molar-refractivity contribution is 8.00. The normalized spacial score (nSPS) is 16.0. The van der Waals surface area contributed by atoms with Gasteiger partial charge in [0.15, 0.2) is 0 Å². The molecule has 1 aliphatic rings. The molecule has 1 saturated heterocycles. The van der Waals surface area contributed by atoms with Crippen LogP contribution in [0.3, 0.4) is 0 Å². The van der Waals surface area contributed by atoms with Gasteiger partial charge in [0.2, 0.25) is 5.91 Å². The predicted octanol–water partition coefficient (Wildman–Crippen LogP) is 0.755. The van der Waals surface area contributed by atoms with Crippen molar-refractivity contribution >= 4 is 23.6 Å². The van der Waals surface area contributed by atoms with Crippen LogP contribution in [0.25, 0.3) is 0 Å². The molecule has 0 radical (unpaired) electrons. The van der Waals surface area contributed by atoms with Crippen LogP contribution in [-0.2, 0) is 4.79 Å². The van der Waals surface area contributed by atoms with Gasteiger partial charge >= 0.3 is 0 Å². The molecule has 14 heavy (non-hydrogen) atoms. The van der Waals surface area contributed by atoms with Gasteiger partial charge in [-0.2, -0.15) is 0 Å². The Balaban J connectivity index is 2.20. The highest BCUT2D eigenvalue weighted by Crippen LogP contribution is 2.17. The summed E-state index contributed by atoms with van der Waals surface area (Å²) in [5, 5.41) is 0. The van der Waals surface area contributed by atoms with E-state index in [1.54, 1.807) is 18.3 Å². The van der Waals surface area contributed by atoms with Crippen molar-refractivity contribution in [1.82, 2.24) is 9.88 Å². The lowest BCUT2D eigenvalue weighted by Gasteiger charge is -2.11. The zero-order valence-corrected chi connectivity index (χ0v) is 8.16. The second-order valence-corrected chi connectivity index (χ2v) is 3.80. The van der Waals surface area contributed by atoms with Gasteiger partial charge in [-0.05, 0) is 12.1 Å². The Morgan fingerprint density at radius 2 is 2.43 bits per heavy atom. The van der Waals surface area contributed by atoms with Crippen LogP contribution in [0.1, 0.15) is 10.4 Å². The molecule has 1 aliphatic heterocycles. The molecule has 0 spiro atoms. The molecule has 5 heteroatoms. The second kappa shape index (κ2) is 3.79. The fourth-order valence-electron chi connectivity index (χ4n) is 1.19. The molecule has 0 unspecified atom stereocenters. The monoisotopic (exact) mass is 208 g/mol. The molecule has 0 N–H and O–H groups in total. The summed E-state index contributed by atoms with van der Waals surface area (Å²) in [5.41, 5.74) is 0.461. The molecule has 1 fully saturated rings. The summed E-state index contributed by atoms with van der Waals surface area (Å²) in [7, 11) is 0. The van der Waals surface area contributed by atoms with Crippen molar-refractivity contribution in [3.05, 3.63) is 30.1 Å². The average molecular weight is 208 g/mol. The zero-order valence-electron chi connectivity index (χ0n) is 7.34. The van der Waals surface area contributed by atoms with Crippen molar-refractivity contribution in [1.29, 1.82) is 0 Å². The summed E-state index contributed by atoms with van der Waals surface area (Å²) in [6, 6.07) is 3.34. The van der Waals surface area contributed by atoms with Crippen LogP contribution in [-0.4, -0.2) is 33.3 Å². The first-order chi connectivity index (χ1) is 6.79. The zero-order chi connectivity index (χ0) is 9.97. The summed E-state index contributed by atoms with van der Waals surface area (Å²) in [6.45, 7) is 0. The Kier molecular flexibility index (Phi) is 2.49. The lowest BCUT2D eigenvalue weighted by Crippen LogP contribution is -2.32. The quantitative estimate of drug-likeness (QED) is 0.639. The highest BCUT2D eigenvalue weighted by Gasteiger charge is 2.27. The summed E-state index contributed by atoms with van der Waals surface area (Å²) in [6.07, 6.45) is 3.07.